The van der Waals surface area contributed by atoms with Crippen molar-refractivity contribution in [2.24, 2.45) is 50.7 Å². The van der Waals surface area contributed by atoms with Crippen molar-refractivity contribution in [2.75, 3.05) is 7.11 Å². The minimum absolute atomic E-state index is 0.0307. The number of ketones is 1. The Balaban J connectivity index is 1.58. The van der Waals surface area contributed by atoms with E-state index in [4.69, 9.17) is 9.47 Å². The third-order valence-electron chi connectivity index (χ3n) is 13.0. The maximum Gasteiger partial charge on any atom is 0.316 e. The van der Waals surface area contributed by atoms with Crippen molar-refractivity contribution in [1.82, 2.24) is 0 Å². The second-order valence-electron chi connectivity index (χ2n) is 15.0. The van der Waals surface area contributed by atoms with E-state index in [-0.39, 0.29) is 58.1 Å². The van der Waals surface area contributed by atoms with Crippen LogP contribution in [0.25, 0.3) is 0 Å². The van der Waals surface area contributed by atoms with E-state index in [1.807, 2.05) is 0 Å². The summed E-state index contributed by atoms with van der Waals surface area (Å²) in [6.45, 7) is 17.3. The van der Waals surface area contributed by atoms with Gasteiger partial charge in [0.2, 0.25) is 0 Å². The summed E-state index contributed by atoms with van der Waals surface area (Å²) in [6.07, 6.45) is 6.18. The molecule has 0 aromatic heterocycles. The summed E-state index contributed by atoms with van der Waals surface area (Å²) < 4.78 is 20.4. The standard InChI is InChI=1S/C33H50O5/c1-19(2)26-22(35)18-33(28(36)37-9)17-16-31(7)21(27(26)33)10-11-24-30(6)14-13-25(38-20(3)34)29(4,5)23(30)12-15-32(24,31)8/h19,21,23-25H,10-18H2,1-9H3/t21-,23+,24-,25+,30+,31-,32-,33-/m1/s1/i25T. The molecule has 0 N–H and O–H groups in total. The molecule has 0 spiro atoms. The third-order valence-corrected chi connectivity index (χ3v) is 13.0. The minimum atomic E-state index is -1.20. The molecule has 0 heterocycles. The lowest BCUT2D eigenvalue weighted by molar-refractivity contribution is -0.233. The number of carbonyl (C=O) groups excluding carboxylic acids is 3. The van der Waals surface area contributed by atoms with Gasteiger partial charge in [0.15, 0.2) is 5.78 Å². The molecule has 0 unspecified atom stereocenters. The van der Waals surface area contributed by atoms with Crippen molar-refractivity contribution >= 4 is 17.7 Å². The van der Waals surface area contributed by atoms with Gasteiger partial charge < -0.3 is 9.47 Å². The zero-order valence-corrected chi connectivity index (χ0v) is 25.2. The molecule has 0 bridgehead atoms. The molecule has 5 aliphatic carbocycles. The van der Waals surface area contributed by atoms with Gasteiger partial charge in [-0.25, -0.2) is 0 Å². The smallest absolute Gasteiger partial charge is 0.316 e. The molecule has 4 fully saturated rings. The molecule has 8 atom stereocenters. The molecule has 0 aromatic carbocycles. The van der Waals surface area contributed by atoms with Crippen LogP contribution in [0.2, 0.25) is 0 Å². The van der Waals surface area contributed by atoms with Crippen LogP contribution in [-0.4, -0.2) is 30.9 Å². The number of carbonyl (C=O) groups is 3. The van der Waals surface area contributed by atoms with Crippen molar-refractivity contribution in [1.29, 1.82) is 0 Å². The average Bonchev–Trinajstić information content (AvgIpc) is 3.15. The Morgan fingerprint density at radius 2 is 1.61 bits per heavy atom. The summed E-state index contributed by atoms with van der Waals surface area (Å²) in [5.41, 5.74) is 0.828. The SMILES string of the molecule is [3H][C@]1(OC(C)=O)CC[C@]2(C)[C@H]3CC[C@@H]4C5=C(C(C)C)C(=O)C[C@]5(C(=O)OC)CC[C@@]4(C)[C@]3(C)CC[C@H]2C1(C)C. The summed E-state index contributed by atoms with van der Waals surface area (Å²) in [5.74, 6) is 0.588. The second kappa shape index (κ2) is 8.67. The van der Waals surface area contributed by atoms with E-state index in [9.17, 15) is 15.8 Å². The van der Waals surface area contributed by atoms with Crippen molar-refractivity contribution in [3.63, 3.8) is 0 Å². The Hall–Kier alpha value is -1.65. The van der Waals surface area contributed by atoms with Gasteiger partial charge in [-0.2, -0.15) is 0 Å². The van der Waals surface area contributed by atoms with Gasteiger partial charge in [-0.05, 0) is 102 Å². The van der Waals surface area contributed by atoms with E-state index in [1.54, 1.807) is 0 Å². The largest absolute Gasteiger partial charge is 0.468 e. The fourth-order valence-corrected chi connectivity index (χ4v) is 11.2. The molecule has 5 nitrogen and oxygen atoms in total. The zero-order chi connectivity index (χ0) is 29.0. The van der Waals surface area contributed by atoms with E-state index in [1.165, 1.54) is 14.0 Å². The van der Waals surface area contributed by atoms with Crippen LogP contribution in [0.5, 0.6) is 0 Å². The van der Waals surface area contributed by atoms with Crippen LogP contribution in [0.15, 0.2) is 11.1 Å². The Kier molecular flexibility index (Phi) is 6.06. The number of fused-ring (bicyclic) bond motifs is 7. The fourth-order valence-electron chi connectivity index (χ4n) is 11.2. The molecule has 5 aliphatic rings. The fraction of sp³-hybridized carbons (Fsp3) is 0.848. The summed E-state index contributed by atoms with van der Waals surface area (Å²) >= 11 is 0. The molecule has 0 radical (unpaired) electrons. The predicted octanol–water partition coefficient (Wildman–Crippen LogP) is 7.07. The number of allylic oxidation sites excluding steroid dienone is 1. The van der Waals surface area contributed by atoms with E-state index in [0.717, 1.165) is 49.7 Å². The van der Waals surface area contributed by atoms with Gasteiger partial charge in [-0.15, -0.1) is 0 Å². The van der Waals surface area contributed by atoms with Gasteiger partial charge in [0.25, 0.3) is 0 Å². The molecule has 5 heteroatoms. The maximum absolute atomic E-state index is 13.5. The van der Waals surface area contributed by atoms with Gasteiger partial charge in [0, 0.05) is 18.8 Å². The number of hydrogen-bond acceptors (Lipinski definition) is 5. The maximum atomic E-state index is 13.5. The molecule has 0 aromatic rings. The summed E-state index contributed by atoms with van der Waals surface area (Å²) in [4.78, 5) is 38.9. The molecule has 0 amide bonds. The first kappa shape index (κ1) is 26.6. The number of ether oxygens (including phenoxy) is 2. The molecule has 0 saturated heterocycles. The number of Topliss-reactive ketones (excluding diaryl/α,β-unsaturated/α-hetero) is 1. The quantitative estimate of drug-likeness (QED) is 0.366. The third kappa shape index (κ3) is 3.38. The Bertz CT molecular complexity index is 1140. The number of hydrogen-bond donors (Lipinski definition) is 0. The van der Waals surface area contributed by atoms with E-state index in [0.29, 0.717) is 18.8 Å². The monoisotopic (exact) mass is 528 g/mol. The lowest BCUT2D eigenvalue weighted by Gasteiger charge is -2.72. The molecule has 5 rings (SSSR count). The van der Waals surface area contributed by atoms with E-state index < -0.39 is 16.9 Å². The highest BCUT2D eigenvalue weighted by Gasteiger charge is 2.71. The minimum Gasteiger partial charge on any atom is -0.468 e. The highest BCUT2D eigenvalue weighted by molar-refractivity contribution is 6.05. The first-order valence-corrected chi connectivity index (χ1v) is 15.0. The molecule has 38 heavy (non-hydrogen) atoms. The summed E-state index contributed by atoms with van der Waals surface area (Å²) in [6, 6.07) is 0. The topological polar surface area (TPSA) is 69.7 Å². The van der Waals surface area contributed by atoms with Crippen LogP contribution >= 0.6 is 0 Å². The molecule has 212 valence electrons. The zero-order valence-electron chi connectivity index (χ0n) is 26.2. The Labute approximate surface area is 231 Å². The number of esters is 2. The van der Waals surface area contributed by atoms with Crippen molar-refractivity contribution in [2.45, 2.75) is 119 Å². The van der Waals surface area contributed by atoms with Crippen LogP contribution in [-0.2, 0) is 23.9 Å². The summed E-state index contributed by atoms with van der Waals surface area (Å²) in [7, 11) is 1.47. The average molecular weight is 529 g/mol. The van der Waals surface area contributed by atoms with Crippen LogP contribution in [0, 0.1) is 50.7 Å². The van der Waals surface area contributed by atoms with Crippen molar-refractivity contribution < 1.29 is 25.2 Å². The van der Waals surface area contributed by atoms with Crippen LogP contribution in [0.3, 0.4) is 0 Å². The first-order valence-electron chi connectivity index (χ1n) is 15.5. The summed E-state index contributed by atoms with van der Waals surface area (Å²) in [5, 5.41) is 0. The van der Waals surface area contributed by atoms with Gasteiger partial charge in [-0.1, -0.05) is 48.5 Å². The highest BCUT2D eigenvalue weighted by atomic mass is 16.5. The van der Waals surface area contributed by atoms with E-state index >= 15 is 0 Å². The molecular weight excluding hydrogens is 476 g/mol. The lowest BCUT2D eigenvalue weighted by atomic mass is 9.33. The van der Waals surface area contributed by atoms with Crippen LogP contribution in [0.4, 0.5) is 0 Å². The van der Waals surface area contributed by atoms with Crippen LogP contribution in [0.1, 0.15) is 115 Å². The van der Waals surface area contributed by atoms with Gasteiger partial charge in [0.05, 0.1) is 13.9 Å². The van der Waals surface area contributed by atoms with Crippen LogP contribution < -0.4 is 0 Å². The second-order valence-corrected chi connectivity index (χ2v) is 15.0. The van der Waals surface area contributed by atoms with Crippen molar-refractivity contribution in [3.05, 3.63) is 11.1 Å². The van der Waals surface area contributed by atoms with Gasteiger partial charge in [0.1, 0.15) is 6.08 Å². The number of rotatable bonds is 3. The van der Waals surface area contributed by atoms with Gasteiger partial charge >= 0.3 is 11.9 Å². The number of methoxy groups -OCH3 is 1. The highest BCUT2D eigenvalue weighted by Crippen LogP contribution is 2.76. The lowest BCUT2D eigenvalue weighted by Crippen LogP contribution is -2.66. The van der Waals surface area contributed by atoms with E-state index in [2.05, 4.69) is 48.5 Å². The molecule has 0 aliphatic heterocycles. The normalized spacial score (nSPS) is 47.9. The predicted molar refractivity (Wildman–Crippen MR) is 147 cm³/mol. The Morgan fingerprint density at radius 1 is 0.921 bits per heavy atom. The van der Waals surface area contributed by atoms with Crippen molar-refractivity contribution in [3.8, 4) is 0 Å². The molecular formula is C33H50O5. The van der Waals surface area contributed by atoms with Gasteiger partial charge in [-0.3, -0.25) is 14.4 Å². The molecule has 4 saturated carbocycles. The first-order chi connectivity index (χ1) is 17.9. The Morgan fingerprint density at radius 3 is 2.21 bits per heavy atom.